The van der Waals surface area contributed by atoms with Gasteiger partial charge in [-0.25, -0.2) is 4.39 Å². The second kappa shape index (κ2) is 9.73. The van der Waals surface area contributed by atoms with E-state index >= 15 is 0 Å². The van der Waals surface area contributed by atoms with Crippen molar-refractivity contribution in [2.75, 3.05) is 33.4 Å². The molecule has 0 saturated carbocycles. The Labute approximate surface area is 128 Å². The number of carbonyl (C=O) groups is 2. The van der Waals surface area contributed by atoms with Crippen molar-refractivity contribution in [1.29, 1.82) is 0 Å². The molecule has 0 bridgehead atoms. The second-order valence-corrected chi connectivity index (χ2v) is 4.61. The fourth-order valence-corrected chi connectivity index (χ4v) is 1.78. The number of aliphatic carboxylic acids is 1. The molecule has 1 aromatic carbocycles. The van der Waals surface area contributed by atoms with Gasteiger partial charge in [-0.3, -0.25) is 9.59 Å². The Morgan fingerprint density at radius 3 is 2.73 bits per heavy atom. The number of carboxylic acid groups (broad SMARTS) is 1. The Hall–Kier alpha value is -2.15. The van der Waals surface area contributed by atoms with Crippen LogP contribution in [0.5, 0.6) is 5.75 Å². The predicted molar refractivity (Wildman–Crippen MR) is 77.2 cm³/mol. The number of ether oxygens (including phenoxy) is 2. The van der Waals surface area contributed by atoms with Crippen molar-refractivity contribution in [3.05, 3.63) is 30.1 Å². The lowest BCUT2D eigenvalue weighted by atomic mass is 10.2. The van der Waals surface area contributed by atoms with Gasteiger partial charge in [0, 0.05) is 26.1 Å². The molecule has 0 atom stereocenters. The van der Waals surface area contributed by atoms with Crippen LogP contribution in [0.4, 0.5) is 4.39 Å². The van der Waals surface area contributed by atoms with E-state index < -0.39 is 5.97 Å². The third kappa shape index (κ3) is 7.03. The lowest BCUT2D eigenvalue weighted by Crippen LogP contribution is -2.38. The highest BCUT2D eigenvalue weighted by Crippen LogP contribution is 2.12. The Balaban J connectivity index is 2.34. The molecule has 122 valence electrons. The predicted octanol–water partition coefficient (Wildman–Crippen LogP) is 1.54. The van der Waals surface area contributed by atoms with Crippen molar-refractivity contribution in [2.45, 2.75) is 12.8 Å². The number of halogens is 1. The quantitative estimate of drug-likeness (QED) is 0.663. The number of rotatable bonds is 10. The first kappa shape index (κ1) is 17.9. The Bertz CT molecular complexity index is 495. The van der Waals surface area contributed by atoms with Crippen LogP contribution in [-0.4, -0.2) is 55.3 Å². The summed E-state index contributed by atoms with van der Waals surface area (Å²) in [5, 5.41) is 8.78. The van der Waals surface area contributed by atoms with Gasteiger partial charge in [-0.05, 0) is 18.6 Å². The minimum absolute atomic E-state index is 0.159. The lowest BCUT2D eigenvalue weighted by Gasteiger charge is -2.20. The zero-order chi connectivity index (χ0) is 16.4. The highest BCUT2D eigenvalue weighted by Gasteiger charge is 2.16. The molecule has 0 heterocycles. The van der Waals surface area contributed by atoms with Crippen LogP contribution in [0, 0.1) is 5.82 Å². The highest BCUT2D eigenvalue weighted by molar-refractivity contribution is 5.81. The number of benzene rings is 1. The number of nitrogens with zero attached hydrogens (tertiary/aromatic N) is 1. The maximum absolute atomic E-state index is 12.9. The Kier molecular flexibility index (Phi) is 7.91. The zero-order valence-corrected chi connectivity index (χ0v) is 12.5. The van der Waals surface area contributed by atoms with Gasteiger partial charge in [0.1, 0.15) is 18.1 Å². The van der Waals surface area contributed by atoms with Crippen molar-refractivity contribution in [3.63, 3.8) is 0 Å². The molecule has 1 amide bonds. The average molecular weight is 313 g/mol. The number of carbonyl (C=O) groups excluding carboxylic acids is 1. The first-order valence-electron chi connectivity index (χ1n) is 6.90. The summed E-state index contributed by atoms with van der Waals surface area (Å²) in [6.07, 6.45) is 0.574. The van der Waals surface area contributed by atoms with Gasteiger partial charge in [-0.1, -0.05) is 6.07 Å². The van der Waals surface area contributed by atoms with E-state index in [1.54, 1.807) is 6.07 Å². The number of methoxy groups -OCH3 is 1. The summed E-state index contributed by atoms with van der Waals surface area (Å²) in [6, 6.07) is 5.74. The van der Waals surface area contributed by atoms with Crippen molar-refractivity contribution < 1.29 is 28.6 Å². The molecule has 0 spiro atoms. The van der Waals surface area contributed by atoms with Crippen LogP contribution in [0.3, 0.4) is 0 Å². The summed E-state index contributed by atoms with van der Waals surface area (Å²) in [4.78, 5) is 23.9. The van der Waals surface area contributed by atoms with Crippen LogP contribution in [0.1, 0.15) is 12.8 Å². The molecule has 0 unspecified atom stereocenters. The third-order valence-corrected chi connectivity index (χ3v) is 2.84. The summed E-state index contributed by atoms with van der Waals surface area (Å²) in [5.41, 5.74) is 0. The van der Waals surface area contributed by atoms with E-state index in [2.05, 4.69) is 0 Å². The molecular weight excluding hydrogens is 293 g/mol. The summed E-state index contributed by atoms with van der Waals surface area (Å²) in [5.74, 6) is -1.34. The summed E-state index contributed by atoms with van der Waals surface area (Å²) in [6.45, 7) is 0.401. The van der Waals surface area contributed by atoms with Crippen molar-refractivity contribution in [1.82, 2.24) is 4.90 Å². The van der Waals surface area contributed by atoms with Gasteiger partial charge in [-0.15, -0.1) is 0 Å². The van der Waals surface area contributed by atoms with Crippen molar-refractivity contribution in [3.8, 4) is 5.75 Å². The normalized spacial score (nSPS) is 10.3. The number of amides is 1. The summed E-state index contributed by atoms with van der Waals surface area (Å²) < 4.78 is 23.1. The van der Waals surface area contributed by atoms with Crippen LogP contribution in [0.2, 0.25) is 0 Å². The van der Waals surface area contributed by atoms with Crippen LogP contribution in [0.25, 0.3) is 0 Å². The molecule has 1 rings (SSSR count). The molecule has 0 aromatic heterocycles. The second-order valence-electron chi connectivity index (χ2n) is 4.61. The van der Waals surface area contributed by atoms with Gasteiger partial charge >= 0.3 is 5.97 Å². The lowest BCUT2D eigenvalue weighted by molar-refractivity contribution is -0.145. The largest absolute Gasteiger partial charge is 0.493 e. The van der Waals surface area contributed by atoms with Crippen molar-refractivity contribution in [2.24, 2.45) is 0 Å². The first-order chi connectivity index (χ1) is 10.5. The Morgan fingerprint density at radius 2 is 2.09 bits per heavy atom. The van der Waals surface area contributed by atoms with E-state index in [0.29, 0.717) is 12.2 Å². The first-order valence-corrected chi connectivity index (χ1v) is 6.90. The molecule has 6 nitrogen and oxygen atoms in total. The van der Waals surface area contributed by atoms with Gasteiger partial charge < -0.3 is 19.5 Å². The van der Waals surface area contributed by atoms with E-state index in [4.69, 9.17) is 14.6 Å². The fourth-order valence-electron chi connectivity index (χ4n) is 1.78. The topological polar surface area (TPSA) is 76.1 Å². The number of carboxylic acids is 1. The zero-order valence-electron chi connectivity index (χ0n) is 12.5. The van der Waals surface area contributed by atoms with Gasteiger partial charge in [0.2, 0.25) is 5.91 Å². The van der Waals surface area contributed by atoms with E-state index in [9.17, 15) is 14.0 Å². The SMILES string of the molecule is COCCN(CC(=O)O)C(=O)CCCOc1cccc(F)c1. The molecule has 0 aliphatic rings. The molecule has 0 fully saturated rings. The van der Waals surface area contributed by atoms with Gasteiger partial charge in [0.25, 0.3) is 0 Å². The minimum atomic E-state index is -1.07. The molecule has 1 N–H and O–H groups in total. The van der Waals surface area contributed by atoms with E-state index in [-0.39, 0.29) is 44.4 Å². The highest BCUT2D eigenvalue weighted by atomic mass is 19.1. The van der Waals surface area contributed by atoms with E-state index in [0.717, 1.165) is 0 Å². The standard InChI is InChI=1S/C15H20FNO5/c1-21-9-7-17(11-15(19)20)14(18)6-3-8-22-13-5-2-4-12(16)10-13/h2,4-5,10H,3,6-9,11H2,1H3,(H,19,20). The molecule has 7 heteroatoms. The summed E-state index contributed by atoms with van der Waals surface area (Å²) >= 11 is 0. The molecule has 22 heavy (non-hydrogen) atoms. The minimum Gasteiger partial charge on any atom is -0.493 e. The fraction of sp³-hybridized carbons (Fsp3) is 0.467. The molecule has 0 saturated heterocycles. The molecule has 0 aliphatic carbocycles. The van der Waals surface area contributed by atoms with Gasteiger partial charge in [0.15, 0.2) is 0 Å². The van der Waals surface area contributed by atoms with Crippen molar-refractivity contribution >= 4 is 11.9 Å². The van der Waals surface area contributed by atoms with Crippen LogP contribution >= 0.6 is 0 Å². The van der Waals surface area contributed by atoms with Crippen LogP contribution < -0.4 is 4.74 Å². The van der Waals surface area contributed by atoms with Gasteiger partial charge in [-0.2, -0.15) is 0 Å². The summed E-state index contributed by atoms with van der Waals surface area (Å²) in [7, 11) is 1.48. The number of hydrogen-bond donors (Lipinski definition) is 1. The smallest absolute Gasteiger partial charge is 0.323 e. The van der Waals surface area contributed by atoms with Crippen LogP contribution in [0.15, 0.2) is 24.3 Å². The molecule has 0 radical (unpaired) electrons. The number of hydrogen-bond acceptors (Lipinski definition) is 4. The average Bonchev–Trinajstić information content (AvgIpc) is 2.47. The van der Waals surface area contributed by atoms with Gasteiger partial charge in [0.05, 0.1) is 13.2 Å². The monoisotopic (exact) mass is 313 g/mol. The molecule has 0 aliphatic heterocycles. The third-order valence-electron chi connectivity index (χ3n) is 2.84. The van der Waals surface area contributed by atoms with E-state index in [1.165, 1.54) is 30.2 Å². The maximum Gasteiger partial charge on any atom is 0.323 e. The maximum atomic E-state index is 12.9. The van der Waals surface area contributed by atoms with E-state index in [1.807, 2.05) is 0 Å². The van der Waals surface area contributed by atoms with Crippen LogP contribution in [-0.2, 0) is 14.3 Å². The molecular formula is C15H20FNO5. The molecule has 1 aromatic rings. The Morgan fingerprint density at radius 1 is 1.32 bits per heavy atom.